The van der Waals surface area contributed by atoms with Gasteiger partial charge in [0.05, 0.1) is 6.20 Å². The predicted octanol–water partition coefficient (Wildman–Crippen LogP) is 1.65. The molecule has 3 heterocycles. The Labute approximate surface area is 187 Å². The molecule has 0 spiro atoms. The first-order valence-corrected chi connectivity index (χ1v) is 11.1. The van der Waals surface area contributed by atoms with E-state index in [4.69, 9.17) is 0 Å². The van der Waals surface area contributed by atoms with Gasteiger partial charge in [-0.3, -0.25) is 9.69 Å². The first-order valence-electron chi connectivity index (χ1n) is 11.1. The molecule has 5 rings (SSSR count). The molecule has 1 N–H and O–H groups in total. The number of rotatable bonds is 4. The van der Waals surface area contributed by atoms with Crippen molar-refractivity contribution < 1.29 is 9.52 Å². The van der Waals surface area contributed by atoms with E-state index in [2.05, 4.69) is 75.9 Å². The van der Waals surface area contributed by atoms with Gasteiger partial charge in [-0.2, -0.15) is 4.73 Å². The first kappa shape index (κ1) is 20.6. The van der Waals surface area contributed by atoms with E-state index >= 15 is 0 Å². The summed E-state index contributed by atoms with van der Waals surface area (Å²) in [6, 6.07) is 21.9. The van der Waals surface area contributed by atoms with Crippen molar-refractivity contribution in [3.8, 4) is 0 Å². The van der Waals surface area contributed by atoms with E-state index in [1.807, 2.05) is 4.90 Å². The van der Waals surface area contributed by atoms with Crippen molar-refractivity contribution in [2.24, 2.45) is 0 Å². The van der Waals surface area contributed by atoms with E-state index in [-0.39, 0.29) is 29.6 Å². The molecule has 1 aromatic heterocycles. The van der Waals surface area contributed by atoms with Gasteiger partial charge in [0.25, 0.3) is 5.91 Å². The number of nitrogens with zero attached hydrogens (tertiary/aromatic N) is 4. The van der Waals surface area contributed by atoms with Gasteiger partial charge in [0.1, 0.15) is 0 Å². The number of piperazine rings is 2. The Morgan fingerprint density at radius 3 is 2.38 bits per heavy atom. The maximum Gasteiger partial charge on any atom is 0.278 e. The van der Waals surface area contributed by atoms with Gasteiger partial charge in [0.2, 0.25) is 6.20 Å². The van der Waals surface area contributed by atoms with Crippen molar-refractivity contribution >= 4 is 5.91 Å². The Kier molecular flexibility index (Phi) is 5.83. The number of carbonyl (C=O) groups is 1. The molecule has 7 heteroatoms. The van der Waals surface area contributed by atoms with Crippen LogP contribution in [0.25, 0.3) is 0 Å². The summed E-state index contributed by atoms with van der Waals surface area (Å²) in [6.45, 7) is 3.77. The maximum atomic E-state index is 13.0. The summed E-state index contributed by atoms with van der Waals surface area (Å²) >= 11 is 0. The number of amides is 1. The van der Waals surface area contributed by atoms with Crippen LogP contribution in [0.2, 0.25) is 0 Å². The Hall–Kier alpha value is -3.29. The summed E-state index contributed by atoms with van der Waals surface area (Å²) in [5.41, 5.74) is 2.80. The molecule has 164 valence electrons. The maximum absolute atomic E-state index is 13.0. The molecule has 0 bridgehead atoms. The molecule has 1 amide bonds. The van der Waals surface area contributed by atoms with Gasteiger partial charge in [0.15, 0.2) is 11.9 Å². The van der Waals surface area contributed by atoms with Crippen LogP contribution >= 0.6 is 0 Å². The van der Waals surface area contributed by atoms with Gasteiger partial charge in [0, 0.05) is 50.7 Å². The summed E-state index contributed by atoms with van der Waals surface area (Å²) in [5.74, 6) is 0.0600. The minimum absolute atomic E-state index is 0.181. The molecule has 0 aliphatic carbocycles. The molecule has 0 saturated carbocycles. The molecule has 2 aliphatic rings. The van der Waals surface area contributed by atoms with Gasteiger partial charge in [-0.05, 0) is 11.1 Å². The quantitative estimate of drug-likeness (QED) is 0.504. The molecule has 2 aliphatic heterocycles. The largest absolute Gasteiger partial charge is 0.619 e. The van der Waals surface area contributed by atoms with Crippen molar-refractivity contribution in [1.29, 1.82) is 0 Å². The van der Waals surface area contributed by atoms with Gasteiger partial charge >= 0.3 is 0 Å². The lowest BCUT2D eigenvalue weighted by atomic mass is 9.82. The second kappa shape index (κ2) is 9.06. The predicted molar refractivity (Wildman–Crippen MR) is 121 cm³/mol. The molecule has 2 aromatic carbocycles. The Morgan fingerprint density at radius 2 is 1.72 bits per heavy atom. The molecule has 2 saturated heterocycles. The summed E-state index contributed by atoms with van der Waals surface area (Å²) < 4.78 is 0.624. The number of fused-ring (bicyclic) bond motifs is 1. The Balaban J connectivity index is 1.39. The second-order valence-electron chi connectivity index (χ2n) is 8.47. The minimum Gasteiger partial charge on any atom is -0.619 e. The highest BCUT2D eigenvalue weighted by molar-refractivity contribution is 5.91. The monoisotopic (exact) mass is 429 g/mol. The normalized spacial score (nSPS) is 21.3. The van der Waals surface area contributed by atoms with Crippen LogP contribution in [0.3, 0.4) is 0 Å². The average Bonchev–Trinajstić information content (AvgIpc) is 2.85. The number of carbonyl (C=O) groups excluding carboxylic acids is 1. The smallest absolute Gasteiger partial charge is 0.278 e. The summed E-state index contributed by atoms with van der Waals surface area (Å²) in [4.78, 5) is 21.5. The van der Waals surface area contributed by atoms with E-state index in [1.54, 1.807) is 0 Å². The van der Waals surface area contributed by atoms with Crippen LogP contribution in [0, 0.1) is 5.21 Å². The Bertz CT molecular complexity index is 1020. The number of hydrogen-bond donors (Lipinski definition) is 1. The van der Waals surface area contributed by atoms with Crippen molar-refractivity contribution in [3.05, 3.63) is 101 Å². The van der Waals surface area contributed by atoms with Crippen LogP contribution in [0.15, 0.2) is 79.3 Å². The summed E-state index contributed by atoms with van der Waals surface area (Å²) in [7, 11) is 0. The zero-order valence-electron chi connectivity index (χ0n) is 17.9. The van der Waals surface area contributed by atoms with Crippen molar-refractivity contribution in [2.75, 3.05) is 32.7 Å². The molecule has 7 nitrogen and oxygen atoms in total. The van der Waals surface area contributed by atoms with Crippen LogP contribution < -0.4 is 10.0 Å². The lowest BCUT2D eigenvalue weighted by Crippen LogP contribution is -2.66. The van der Waals surface area contributed by atoms with Crippen LogP contribution in [0.1, 0.15) is 27.5 Å². The van der Waals surface area contributed by atoms with Crippen molar-refractivity contribution in [1.82, 2.24) is 20.1 Å². The lowest BCUT2D eigenvalue weighted by Gasteiger charge is -2.50. The van der Waals surface area contributed by atoms with Crippen LogP contribution in [-0.4, -0.2) is 65.5 Å². The molecular formula is C25H27N5O2. The minimum atomic E-state index is -0.181. The van der Waals surface area contributed by atoms with E-state index in [0.717, 1.165) is 19.6 Å². The highest BCUT2D eigenvalue weighted by Crippen LogP contribution is 2.34. The fourth-order valence-corrected chi connectivity index (χ4v) is 5.10. The van der Waals surface area contributed by atoms with Crippen LogP contribution in [0.4, 0.5) is 0 Å². The van der Waals surface area contributed by atoms with Crippen molar-refractivity contribution in [3.63, 3.8) is 0 Å². The number of nitrogens with one attached hydrogen (secondary N) is 1. The SMILES string of the molecule is O=C(c1c[n+]([O-])ccn1)N1CCN2[C@H](CNC[C@H]2C(c2ccccc2)c2ccccc2)C1. The van der Waals surface area contributed by atoms with E-state index in [1.165, 1.54) is 29.7 Å². The highest BCUT2D eigenvalue weighted by atomic mass is 16.5. The number of aromatic nitrogens is 2. The average molecular weight is 430 g/mol. The van der Waals surface area contributed by atoms with Crippen molar-refractivity contribution in [2.45, 2.75) is 18.0 Å². The molecule has 2 atom stereocenters. The van der Waals surface area contributed by atoms with Crippen LogP contribution in [-0.2, 0) is 0 Å². The molecular weight excluding hydrogens is 402 g/mol. The third-order valence-corrected chi connectivity index (χ3v) is 6.57. The molecule has 2 fully saturated rings. The molecule has 3 aromatic rings. The molecule has 0 radical (unpaired) electrons. The molecule has 0 unspecified atom stereocenters. The highest BCUT2D eigenvalue weighted by Gasteiger charge is 2.40. The third-order valence-electron chi connectivity index (χ3n) is 6.57. The van der Waals surface area contributed by atoms with Gasteiger partial charge < -0.3 is 15.4 Å². The zero-order valence-corrected chi connectivity index (χ0v) is 17.9. The third kappa shape index (κ3) is 4.09. The standard InChI is InChI=1S/C25H27N5O2/c31-25(22-18-29(32)12-11-27-22)28-13-14-30-21(17-28)15-26-16-23(30)24(19-7-3-1-4-8-19)20-9-5-2-6-10-20/h1-12,18,21,23-24,26H,13-17H2/t21-,23+/m1/s1. The fraction of sp³-hybridized carbons (Fsp3) is 0.320. The van der Waals surface area contributed by atoms with Gasteiger partial charge in [-0.15, -0.1) is 0 Å². The topological polar surface area (TPSA) is 75.4 Å². The summed E-state index contributed by atoms with van der Waals surface area (Å²) in [6.07, 6.45) is 3.91. The Morgan fingerprint density at radius 1 is 1.03 bits per heavy atom. The lowest BCUT2D eigenvalue weighted by molar-refractivity contribution is -0.606. The molecule has 32 heavy (non-hydrogen) atoms. The number of hydrogen-bond acceptors (Lipinski definition) is 5. The van der Waals surface area contributed by atoms with E-state index in [0.29, 0.717) is 17.8 Å². The summed E-state index contributed by atoms with van der Waals surface area (Å²) in [5, 5.41) is 15.2. The zero-order chi connectivity index (χ0) is 21.9. The van der Waals surface area contributed by atoms with Gasteiger partial charge in [-0.1, -0.05) is 60.7 Å². The van der Waals surface area contributed by atoms with Crippen LogP contribution in [0.5, 0.6) is 0 Å². The number of benzene rings is 2. The van der Waals surface area contributed by atoms with Gasteiger partial charge in [-0.25, -0.2) is 4.98 Å². The fourth-order valence-electron chi connectivity index (χ4n) is 5.10. The first-order chi connectivity index (χ1) is 15.7. The van der Waals surface area contributed by atoms with E-state index < -0.39 is 0 Å². The van der Waals surface area contributed by atoms with E-state index in [9.17, 15) is 10.0 Å². The second-order valence-corrected chi connectivity index (χ2v) is 8.47.